The third kappa shape index (κ3) is 2.69. The predicted molar refractivity (Wildman–Crippen MR) is 52.7 cm³/mol. The summed E-state index contributed by atoms with van der Waals surface area (Å²) in [6, 6.07) is -0.113. The zero-order valence-corrected chi connectivity index (χ0v) is 8.76. The van der Waals surface area contributed by atoms with E-state index < -0.39 is 0 Å². The van der Waals surface area contributed by atoms with Gasteiger partial charge in [-0.3, -0.25) is 0 Å². The van der Waals surface area contributed by atoms with Crippen molar-refractivity contribution in [2.45, 2.75) is 13.0 Å². The lowest BCUT2D eigenvalue weighted by atomic mass is 10.3. The molecule has 0 aliphatic rings. The lowest BCUT2D eigenvalue weighted by molar-refractivity contribution is 0.214. The van der Waals surface area contributed by atoms with E-state index in [1.165, 1.54) is 4.90 Å². The Labute approximate surface area is 81.6 Å². The van der Waals surface area contributed by atoms with Gasteiger partial charge in [0, 0.05) is 25.7 Å². The molecule has 1 atom stereocenters. The Hall–Kier alpha value is -1.10. The van der Waals surface area contributed by atoms with Crippen molar-refractivity contribution >= 4 is 17.4 Å². The summed E-state index contributed by atoms with van der Waals surface area (Å²) in [4.78, 5) is 16.9. The van der Waals surface area contributed by atoms with Gasteiger partial charge in [-0.05, 0) is 6.92 Å². The third-order valence-electron chi connectivity index (χ3n) is 1.57. The van der Waals surface area contributed by atoms with Crippen LogP contribution in [0.15, 0.2) is 11.6 Å². The summed E-state index contributed by atoms with van der Waals surface area (Å²) in [5.41, 5.74) is 0. The molecule has 0 radical (unpaired) electrons. The molecule has 13 heavy (non-hydrogen) atoms. The van der Waals surface area contributed by atoms with E-state index in [0.717, 1.165) is 5.01 Å². The van der Waals surface area contributed by atoms with Gasteiger partial charge in [-0.25, -0.2) is 9.78 Å². The molecule has 5 heteroatoms. The Kier molecular flexibility index (Phi) is 3.25. The van der Waals surface area contributed by atoms with E-state index in [0.29, 0.717) is 0 Å². The van der Waals surface area contributed by atoms with Crippen LogP contribution in [0.3, 0.4) is 0 Å². The summed E-state index contributed by atoms with van der Waals surface area (Å²) in [5.74, 6) is 0. The Bertz CT molecular complexity index is 271. The predicted octanol–water partition coefficient (Wildman–Crippen LogP) is 1.48. The van der Waals surface area contributed by atoms with Gasteiger partial charge in [-0.2, -0.15) is 0 Å². The molecule has 1 aromatic rings. The van der Waals surface area contributed by atoms with Crippen LogP contribution in [0.1, 0.15) is 18.0 Å². The van der Waals surface area contributed by atoms with Gasteiger partial charge in [0.1, 0.15) is 5.01 Å². The van der Waals surface area contributed by atoms with E-state index in [4.69, 9.17) is 0 Å². The number of nitrogens with zero attached hydrogens (tertiary/aromatic N) is 2. The van der Waals surface area contributed by atoms with Gasteiger partial charge in [-0.15, -0.1) is 11.3 Å². The van der Waals surface area contributed by atoms with Crippen LogP contribution in [0, 0.1) is 0 Å². The second-order valence-corrected chi connectivity index (χ2v) is 3.86. The fourth-order valence-corrected chi connectivity index (χ4v) is 1.47. The Morgan fingerprint density at radius 1 is 1.69 bits per heavy atom. The van der Waals surface area contributed by atoms with Crippen LogP contribution in [0.5, 0.6) is 0 Å². The van der Waals surface area contributed by atoms with Crippen molar-refractivity contribution < 1.29 is 4.79 Å². The minimum atomic E-state index is -0.0947. The van der Waals surface area contributed by atoms with E-state index in [1.807, 2.05) is 12.3 Å². The summed E-state index contributed by atoms with van der Waals surface area (Å²) in [6.45, 7) is 1.92. The van der Waals surface area contributed by atoms with Crippen molar-refractivity contribution in [2.24, 2.45) is 0 Å². The smallest absolute Gasteiger partial charge is 0.317 e. The molecular formula is C8H13N3OS. The number of hydrogen-bond acceptors (Lipinski definition) is 3. The molecule has 0 bridgehead atoms. The molecule has 1 heterocycles. The van der Waals surface area contributed by atoms with E-state index in [2.05, 4.69) is 10.3 Å². The molecule has 1 N–H and O–H groups in total. The number of carbonyl (C=O) groups excluding carboxylic acids is 1. The monoisotopic (exact) mass is 199 g/mol. The fourth-order valence-electron chi connectivity index (χ4n) is 0.824. The molecule has 1 rings (SSSR count). The number of amides is 2. The number of hydrogen-bond donors (Lipinski definition) is 1. The van der Waals surface area contributed by atoms with Crippen molar-refractivity contribution in [1.82, 2.24) is 15.2 Å². The Balaban J connectivity index is 2.51. The molecule has 0 fully saturated rings. The minimum absolute atomic E-state index is 0.0186. The van der Waals surface area contributed by atoms with Crippen molar-refractivity contribution in [3.05, 3.63) is 16.6 Å². The highest BCUT2D eigenvalue weighted by atomic mass is 32.1. The van der Waals surface area contributed by atoms with Gasteiger partial charge in [0.05, 0.1) is 6.04 Å². The van der Waals surface area contributed by atoms with Gasteiger partial charge in [0.25, 0.3) is 0 Å². The standard InChI is InChI=1S/C8H13N3OS/c1-6(7-9-4-5-13-7)10-8(12)11(2)3/h4-6H,1-3H3,(H,10,12). The summed E-state index contributed by atoms with van der Waals surface area (Å²) in [6.07, 6.45) is 1.73. The molecule has 1 aromatic heterocycles. The first-order valence-electron chi connectivity index (χ1n) is 3.98. The number of urea groups is 1. The Morgan fingerprint density at radius 2 is 2.38 bits per heavy atom. The van der Waals surface area contributed by atoms with Crippen LogP contribution in [0.4, 0.5) is 4.79 Å². The maximum atomic E-state index is 11.2. The molecule has 0 saturated heterocycles. The van der Waals surface area contributed by atoms with Crippen LogP contribution >= 0.6 is 11.3 Å². The largest absolute Gasteiger partial charge is 0.331 e. The molecular weight excluding hydrogens is 186 g/mol. The maximum Gasteiger partial charge on any atom is 0.317 e. The second kappa shape index (κ2) is 4.23. The van der Waals surface area contributed by atoms with Crippen molar-refractivity contribution in [2.75, 3.05) is 14.1 Å². The van der Waals surface area contributed by atoms with E-state index >= 15 is 0 Å². The van der Waals surface area contributed by atoms with Crippen LogP contribution in [0.2, 0.25) is 0 Å². The third-order valence-corrected chi connectivity index (χ3v) is 2.53. The molecule has 0 spiro atoms. The molecule has 0 aliphatic heterocycles. The SMILES string of the molecule is CC(NC(=O)N(C)C)c1nccs1. The van der Waals surface area contributed by atoms with Crippen LogP contribution < -0.4 is 5.32 Å². The van der Waals surface area contributed by atoms with Crippen LogP contribution in [0.25, 0.3) is 0 Å². The minimum Gasteiger partial charge on any atom is -0.331 e. The van der Waals surface area contributed by atoms with Crippen molar-refractivity contribution in [3.63, 3.8) is 0 Å². The van der Waals surface area contributed by atoms with Crippen LogP contribution in [-0.2, 0) is 0 Å². The lowest BCUT2D eigenvalue weighted by Gasteiger charge is -2.15. The summed E-state index contributed by atoms with van der Waals surface area (Å²) < 4.78 is 0. The van der Waals surface area contributed by atoms with E-state index in [9.17, 15) is 4.79 Å². The van der Waals surface area contributed by atoms with Gasteiger partial charge < -0.3 is 10.2 Å². The molecule has 0 saturated carbocycles. The number of aromatic nitrogens is 1. The number of rotatable bonds is 2. The number of thiazole rings is 1. The van der Waals surface area contributed by atoms with Crippen molar-refractivity contribution in [1.29, 1.82) is 0 Å². The first kappa shape index (κ1) is 9.98. The first-order valence-corrected chi connectivity index (χ1v) is 4.86. The normalized spacial score (nSPS) is 12.2. The highest BCUT2D eigenvalue weighted by Crippen LogP contribution is 2.14. The zero-order chi connectivity index (χ0) is 9.84. The second-order valence-electron chi connectivity index (χ2n) is 2.94. The van der Waals surface area contributed by atoms with Gasteiger partial charge in [0.15, 0.2) is 0 Å². The van der Waals surface area contributed by atoms with E-state index in [-0.39, 0.29) is 12.1 Å². The highest BCUT2D eigenvalue weighted by Gasteiger charge is 2.11. The quantitative estimate of drug-likeness (QED) is 0.784. The fraction of sp³-hybridized carbons (Fsp3) is 0.500. The average molecular weight is 199 g/mol. The summed E-state index contributed by atoms with van der Waals surface area (Å²) >= 11 is 1.54. The lowest BCUT2D eigenvalue weighted by Crippen LogP contribution is -2.36. The Morgan fingerprint density at radius 3 is 2.85 bits per heavy atom. The van der Waals surface area contributed by atoms with Crippen molar-refractivity contribution in [3.8, 4) is 0 Å². The maximum absolute atomic E-state index is 11.2. The van der Waals surface area contributed by atoms with Gasteiger partial charge >= 0.3 is 6.03 Å². The number of carbonyl (C=O) groups is 1. The highest BCUT2D eigenvalue weighted by molar-refractivity contribution is 7.09. The van der Waals surface area contributed by atoms with Gasteiger partial charge in [0.2, 0.25) is 0 Å². The van der Waals surface area contributed by atoms with E-state index in [1.54, 1.807) is 31.6 Å². The number of nitrogens with one attached hydrogen (secondary N) is 1. The summed E-state index contributed by atoms with van der Waals surface area (Å²) in [7, 11) is 3.42. The molecule has 2 amide bonds. The zero-order valence-electron chi connectivity index (χ0n) is 7.94. The first-order chi connectivity index (χ1) is 6.11. The molecule has 72 valence electrons. The molecule has 0 aromatic carbocycles. The molecule has 0 aliphatic carbocycles. The van der Waals surface area contributed by atoms with Crippen LogP contribution in [-0.4, -0.2) is 30.0 Å². The van der Waals surface area contributed by atoms with Gasteiger partial charge in [-0.1, -0.05) is 0 Å². The topological polar surface area (TPSA) is 45.2 Å². The average Bonchev–Trinajstić information content (AvgIpc) is 2.55. The molecule has 1 unspecified atom stereocenters. The molecule has 4 nitrogen and oxygen atoms in total. The summed E-state index contributed by atoms with van der Waals surface area (Å²) in [5, 5.41) is 5.64.